The van der Waals surface area contributed by atoms with Crippen molar-refractivity contribution in [2.45, 2.75) is 65.3 Å². The zero-order valence-electron chi connectivity index (χ0n) is 15.9. The molecule has 0 aliphatic rings. The number of aromatic amines is 1. The van der Waals surface area contributed by atoms with Crippen molar-refractivity contribution < 1.29 is 9.72 Å². The molecule has 0 radical (unpaired) electrons. The predicted molar refractivity (Wildman–Crippen MR) is 105 cm³/mol. The first-order valence-electron chi connectivity index (χ1n) is 9.32. The van der Waals surface area contributed by atoms with E-state index in [-0.39, 0.29) is 22.0 Å². The highest BCUT2D eigenvalue weighted by Gasteiger charge is 2.25. The van der Waals surface area contributed by atoms with Crippen LogP contribution in [0.4, 0.5) is 5.82 Å². The van der Waals surface area contributed by atoms with Crippen molar-refractivity contribution in [1.82, 2.24) is 20.4 Å². The monoisotopic (exact) mass is 431 g/mol. The third kappa shape index (κ3) is 7.41. The van der Waals surface area contributed by atoms with E-state index in [1.165, 1.54) is 25.7 Å². The van der Waals surface area contributed by atoms with Gasteiger partial charge in [-0.25, -0.2) is 0 Å². The third-order valence-electron chi connectivity index (χ3n) is 4.15. The fourth-order valence-corrected chi connectivity index (χ4v) is 3.28. The number of hydrogen-bond donors (Lipinski definition) is 2. The quantitative estimate of drug-likeness (QED) is 0.280. The van der Waals surface area contributed by atoms with Crippen molar-refractivity contribution in [3.8, 4) is 0 Å². The summed E-state index contributed by atoms with van der Waals surface area (Å²) in [6.45, 7) is 9.11. The van der Waals surface area contributed by atoms with Crippen LogP contribution in [0.2, 0.25) is 0 Å². The summed E-state index contributed by atoms with van der Waals surface area (Å²) in [5.41, 5.74) is 0.00654. The number of nitrogens with one attached hydrogen (secondary N) is 2. The van der Waals surface area contributed by atoms with Crippen LogP contribution in [0.5, 0.6) is 0 Å². The Bertz CT molecular complexity index is 569. The third-order valence-corrected chi connectivity index (χ3v) is 4.90. The molecule has 1 aromatic heterocycles. The molecular weight excluding hydrogens is 402 g/mol. The molecule has 1 rings (SSSR count). The summed E-state index contributed by atoms with van der Waals surface area (Å²) < 4.78 is 0.0787. The van der Waals surface area contributed by atoms with Crippen molar-refractivity contribution in [3.63, 3.8) is 0 Å². The van der Waals surface area contributed by atoms with E-state index < -0.39 is 10.8 Å². The Hall–Kier alpha value is -1.48. The summed E-state index contributed by atoms with van der Waals surface area (Å²) >= 11 is 3.07. The fourth-order valence-electron chi connectivity index (χ4n) is 2.78. The maximum atomic E-state index is 12.3. The van der Waals surface area contributed by atoms with E-state index in [0.29, 0.717) is 0 Å². The van der Waals surface area contributed by atoms with Crippen LogP contribution < -0.4 is 5.32 Å². The number of unbranched alkanes of at least 4 members (excludes halogenated alkanes) is 4. The van der Waals surface area contributed by atoms with E-state index in [0.717, 1.165) is 32.5 Å². The van der Waals surface area contributed by atoms with Crippen LogP contribution in [0.25, 0.3) is 0 Å². The second kappa shape index (κ2) is 12.0. The summed E-state index contributed by atoms with van der Waals surface area (Å²) in [6, 6.07) is -0.0755. The van der Waals surface area contributed by atoms with Crippen LogP contribution in [0.15, 0.2) is 4.47 Å². The van der Waals surface area contributed by atoms with Crippen LogP contribution in [0, 0.1) is 10.1 Å². The Morgan fingerprint density at radius 2 is 1.85 bits per heavy atom. The van der Waals surface area contributed by atoms with Crippen molar-refractivity contribution >= 4 is 27.7 Å². The van der Waals surface area contributed by atoms with E-state index in [2.05, 4.69) is 50.2 Å². The molecule has 0 bridgehead atoms. The second-order valence-electron chi connectivity index (χ2n) is 6.58. The predicted octanol–water partition coefficient (Wildman–Crippen LogP) is 3.88. The van der Waals surface area contributed by atoms with Crippen molar-refractivity contribution in [2.24, 2.45) is 0 Å². The van der Waals surface area contributed by atoms with Gasteiger partial charge in [-0.3, -0.25) is 4.79 Å². The molecule has 1 atom stereocenters. The van der Waals surface area contributed by atoms with Gasteiger partial charge in [0.2, 0.25) is 0 Å². The maximum absolute atomic E-state index is 12.3. The number of rotatable bonds is 13. The Kier molecular flexibility index (Phi) is 10.4. The minimum Gasteiger partial charge on any atom is -0.358 e. The Labute approximate surface area is 163 Å². The first-order chi connectivity index (χ1) is 12.4. The normalized spacial score (nSPS) is 12.3. The van der Waals surface area contributed by atoms with Gasteiger partial charge >= 0.3 is 5.82 Å². The zero-order valence-corrected chi connectivity index (χ0v) is 17.5. The number of halogens is 1. The van der Waals surface area contributed by atoms with E-state index in [1.807, 2.05) is 6.92 Å². The van der Waals surface area contributed by atoms with Gasteiger partial charge in [-0.15, -0.1) is 5.10 Å². The zero-order chi connectivity index (χ0) is 19.5. The van der Waals surface area contributed by atoms with Crippen LogP contribution in [0.3, 0.4) is 0 Å². The lowest BCUT2D eigenvalue weighted by Crippen LogP contribution is -2.43. The lowest BCUT2D eigenvalue weighted by molar-refractivity contribution is -0.390. The molecule has 9 heteroatoms. The SMILES string of the molecule is CCCCCN(CCCCC)CC(C)NC(=O)c1n[nH]c([N+](=O)[O-])c1Br. The highest BCUT2D eigenvalue weighted by molar-refractivity contribution is 9.10. The van der Waals surface area contributed by atoms with Crippen molar-refractivity contribution in [3.05, 3.63) is 20.3 Å². The van der Waals surface area contributed by atoms with Gasteiger partial charge in [0.05, 0.1) is 0 Å². The van der Waals surface area contributed by atoms with Gasteiger partial charge in [-0.05, 0) is 53.7 Å². The van der Waals surface area contributed by atoms with Gasteiger partial charge in [0, 0.05) is 12.6 Å². The highest BCUT2D eigenvalue weighted by Crippen LogP contribution is 2.25. The molecular formula is C17H30BrN5O3. The van der Waals surface area contributed by atoms with E-state index >= 15 is 0 Å². The molecule has 1 unspecified atom stereocenters. The second-order valence-corrected chi connectivity index (χ2v) is 7.37. The molecule has 0 aromatic carbocycles. The highest BCUT2D eigenvalue weighted by atomic mass is 79.9. The Balaban J connectivity index is 2.60. The van der Waals surface area contributed by atoms with E-state index in [9.17, 15) is 14.9 Å². The molecule has 0 spiro atoms. The van der Waals surface area contributed by atoms with Gasteiger partial charge in [-0.2, -0.15) is 0 Å². The van der Waals surface area contributed by atoms with Gasteiger partial charge in [0.25, 0.3) is 5.91 Å². The molecule has 0 fully saturated rings. The summed E-state index contributed by atoms with van der Waals surface area (Å²) in [5.74, 6) is -0.737. The molecule has 2 N–H and O–H groups in total. The fraction of sp³-hybridized carbons (Fsp3) is 0.765. The van der Waals surface area contributed by atoms with Gasteiger partial charge in [0.1, 0.15) is 4.47 Å². The number of carbonyl (C=O) groups is 1. The number of carbonyl (C=O) groups excluding carboxylic acids is 1. The van der Waals surface area contributed by atoms with Gasteiger partial charge in [-0.1, -0.05) is 44.6 Å². The van der Waals surface area contributed by atoms with E-state index in [4.69, 9.17) is 0 Å². The number of amides is 1. The molecule has 0 saturated heterocycles. The minimum absolute atomic E-state index is 0.00654. The molecule has 26 heavy (non-hydrogen) atoms. The Morgan fingerprint density at radius 1 is 1.27 bits per heavy atom. The summed E-state index contributed by atoms with van der Waals surface area (Å²) in [7, 11) is 0. The van der Waals surface area contributed by atoms with Gasteiger partial charge in [0.15, 0.2) is 5.69 Å². The van der Waals surface area contributed by atoms with E-state index in [1.54, 1.807) is 0 Å². The smallest absolute Gasteiger partial charge is 0.357 e. The Morgan fingerprint density at radius 3 is 2.31 bits per heavy atom. The number of nitro groups is 1. The summed E-state index contributed by atoms with van der Waals surface area (Å²) in [6.07, 6.45) is 7.08. The first kappa shape index (κ1) is 22.6. The number of nitrogens with zero attached hydrogens (tertiary/aromatic N) is 3. The van der Waals surface area contributed by atoms with Crippen LogP contribution in [0.1, 0.15) is 69.8 Å². The molecule has 0 aliphatic heterocycles. The largest absolute Gasteiger partial charge is 0.358 e. The molecule has 1 amide bonds. The number of aromatic nitrogens is 2. The van der Waals surface area contributed by atoms with Crippen molar-refractivity contribution in [1.29, 1.82) is 0 Å². The average Bonchev–Trinajstić information content (AvgIpc) is 2.96. The van der Waals surface area contributed by atoms with Crippen LogP contribution >= 0.6 is 15.9 Å². The lowest BCUT2D eigenvalue weighted by Gasteiger charge is -2.26. The van der Waals surface area contributed by atoms with Crippen LogP contribution in [-0.4, -0.2) is 51.6 Å². The molecule has 8 nitrogen and oxygen atoms in total. The molecule has 148 valence electrons. The lowest BCUT2D eigenvalue weighted by atomic mass is 10.2. The summed E-state index contributed by atoms with van der Waals surface area (Å²) in [5, 5.41) is 19.7. The van der Waals surface area contributed by atoms with Gasteiger partial charge < -0.3 is 20.3 Å². The number of H-pyrrole nitrogens is 1. The topological polar surface area (TPSA) is 104 Å². The molecule has 0 saturated carbocycles. The molecule has 0 aliphatic carbocycles. The molecule has 1 heterocycles. The van der Waals surface area contributed by atoms with Crippen LogP contribution in [-0.2, 0) is 0 Å². The summed E-state index contributed by atoms with van der Waals surface area (Å²) in [4.78, 5) is 25.0. The maximum Gasteiger partial charge on any atom is 0.357 e. The minimum atomic E-state index is -0.611. The first-order valence-corrected chi connectivity index (χ1v) is 10.1. The average molecular weight is 432 g/mol. The van der Waals surface area contributed by atoms with Crippen molar-refractivity contribution in [2.75, 3.05) is 19.6 Å². The number of hydrogen-bond acceptors (Lipinski definition) is 5. The molecule has 1 aromatic rings. The standard InChI is InChI=1S/C17H30BrN5O3/c1-4-6-8-10-22(11-9-7-5-2)12-13(3)19-17(24)15-14(18)16(21-20-15)23(25)26/h13H,4-12H2,1-3H3,(H,19,24)(H,20,21).